The molecule has 0 aliphatic carbocycles. The van der Waals surface area contributed by atoms with E-state index in [1.54, 1.807) is 19.5 Å². The Kier molecular flexibility index (Phi) is 5.52. The lowest BCUT2D eigenvalue weighted by Crippen LogP contribution is -2.33. The maximum absolute atomic E-state index is 5.52. The molecular formula is C9H15BrN4O. The number of hydrogen-bond acceptors (Lipinski definition) is 5. The molecule has 1 rings (SSSR count). The van der Waals surface area contributed by atoms with Gasteiger partial charge in [-0.25, -0.2) is 9.97 Å². The van der Waals surface area contributed by atoms with Crippen molar-refractivity contribution in [2.45, 2.75) is 0 Å². The number of ether oxygens (including phenoxy) is 1. The highest BCUT2D eigenvalue weighted by Gasteiger charge is 2.07. The summed E-state index contributed by atoms with van der Waals surface area (Å²) in [5, 5.41) is 0. The zero-order chi connectivity index (χ0) is 11.1. The zero-order valence-electron chi connectivity index (χ0n) is 8.69. The summed E-state index contributed by atoms with van der Waals surface area (Å²) < 4.78 is 5.88. The molecule has 2 N–H and O–H groups in total. The maximum Gasteiger partial charge on any atom is 0.225 e. The van der Waals surface area contributed by atoms with E-state index in [0.29, 0.717) is 19.1 Å². The highest BCUT2D eigenvalue weighted by atomic mass is 79.9. The monoisotopic (exact) mass is 274 g/mol. The van der Waals surface area contributed by atoms with Gasteiger partial charge in [0.2, 0.25) is 5.95 Å². The van der Waals surface area contributed by atoms with Gasteiger partial charge >= 0.3 is 0 Å². The van der Waals surface area contributed by atoms with E-state index in [1.165, 1.54) is 0 Å². The summed E-state index contributed by atoms with van der Waals surface area (Å²) in [5.41, 5.74) is 5.52. The van der Waals surface area contributed by atoms with Crippen LogP contribution in [0.2, 0.25) is 0 Å². The van der Waals surface area contributed by atoms with Gasteiger partial charge in [-0.2, -0.15) is 0 Å². The number of aromatic nitrogens is 2. The summed E-state index contributed by atoms with van der Waals surface area (Å²) in [4.78, 5) is 10.4. The molecule has 15 heavy (non-hydrogen) atoms. The number of methoxy groups -OCH3 is 1. The molecule has 84 valence electrons. The van der Waals surface area contributed by atoms with Gasteiger partial charge in [-0.15, -0.1) is 0 Å². The molecule has 0 aliphatic heterocycles. The minimum atomic E-state index is 0.573. The Labute approximate surface area is 97.8 Å². The molecule has 0 aliphatic rings. The van der Waals surface area contributed by atoms with Crippen molar-refractivity contribution in [3.05, 3.63) is 16.9 Å². The van der Waals surface area contributed by atoms with E-state index >= 15 is 0 Å². The Morgan fingerprint density at radius 1 is 1.40 bits per heavy atom. The fourth-order valence-corrected chi connectivity index (χ4v) is 1.34. The third-order valence-corrected chi connectivity index (χ3v) is 2.26. The van der Waals surface area contributed by atoms with E-state index in [2.05, 4.69) is 25.9 Å². The molecule has 0 aromatic carbocycles. The van der Waals surface area contributed by atoms with Gasteiger partial charge < -0.3 is 15.4 Å². The molecule has 0 saturated heterocycles. The summed E-state index contributed by atoms with van der Waals surface area (Å²) in [6.07, 6.45) is 3.44. The van der Waals surface area contributed by atoms with Gasteiger partial charge in [-0.05, 0) is 15.9 Å². The van der Waals surface area contributed by atoms with Crippen LogP contribution in [0.25, 0.3) is 0 Å². The highest BCUT2D eigenvalue weighted by Crippen LogP contribution is 2.10. The Morgan fingerprint density at radius 2 is 2.07 bits per heavy atom. The Bertz CT molecular complexity index is 280. The summed E-state index contributed by atoms with van der Waals surface area (Å²) in [5.74, 6) is 0.681. The standard InChI is InChI=1S/C9H15BrN4O/c1-15-5-4-14(3-2-11)9-12-6-8(10)7-13-9/h6-7H,2-5,11H2,1H3. The lowest BCUT2D eigenvalue weighted by molar-refractivity contribution is 0.205. The third kappa shape index (κ3) is 4.11. The van der Waals surface area contributed by atoms with Crippen LogP contribution >= 0.6 is 15.9 Å². The Balaban J connectivity index is 2.65. The quantitative estimate of drug-likeness (QED) is 0.825. The van der Waals surface area contributed by atoms with Crippen molar-refractivity contribution in [2.24, 2.45) is 5.73 Å². The van der Waals surface area contributed by atoms with E-state index in [1.807, 2.05) is 4.90 Å². The van der Waals surface area contributed by atoms with Crippen molar-refractivity contribution in [1.29, 1.82) is 0 Å². The van der Waals surface area contributed by atoms with Gasteiger partial charge in [-0.1, -0.05) is 0 Å². The van der Waals surface area contributed by atoms with E-state index in [4.69, 9.17) is 10.5 Å². The van der Waals surface area contributed by atoms with Gasteiger partial charge in [0.1, 0.15) is 0 Å². The van der Waals surface area contributed by atoms with Crippen molar-refractivity contribution in [2.75, 3.05) is 38.3 Å². The average molecular weight is 275 g/mol. The highest BCUT2D eigenvalue weighted by molar-refractivity contribution is 9.10. The summed E-state index contributed by atoms with van der Waals surface area (Å²) >= 11 is 3.29. The Hall–Kier alpha value is -0.720. The average Bonchev–Trinajstić information content (AvgIpc) is 2.25. The number of rotatable bonds is 6. The molecule has 1 aromatic heterocycles. The van der Waals surface area contributed by atoms with E-state index < -0.39 is 0 Å². The van der Waals surface area contributed by atoms with Gasteiger partial charge in [0, 0.05) is 39.1 Å². The molecule has 0 bridgehead atoms. The van der Waals surface area contributed by atoms with Crippen LogP contribution in [0, 0.1) is 0 Å². The smallest absolute Gasteiger partial charge is 0.225 e. The van der Waals surface area contributed by atoms with Gasteiger partial charge in [0.05, 0.1) is 11.1 Å². The number of halogens is 1. The number of hydrogen-bond donors (Lipinski definition) is 1. The van der Waals surface area contributed by atoms with Crippen molar-refractivity contribution in [3.63, 3.8) is 0 Å². The molecule has 1 aromatic rings. The lowest BCUT2D eigenvalue weighted by Gasteiger charge is -2.21. The fourth-order valence-electron chi connectivity index (χ4n) is 1.14. The normalized spacial score (nSPS) is 10.3. The summed E-state index contributed by atoms with van der Waals surface area (Å²) in [6.45, 7) is 2.68. The van der Waals surface area contributed by atoms with Crippen molar-refractivity contribution in [1.82, 2.24) is 9.97 Å². The molecule has 0 amide bonds. The minimum absolute atomic E-state index is 0.573. The second-order valence-corrected chi connectivity index (χ2v) is 3.89. The molecule has 0 radical (unpaired) electrons. The largest absolute Gasteiger partial charge is 0.383 e. The van der Waals surface area contributed by atoms with Crippen LogP contribution < -0.4 is 10.6 Å². The van der Waals surface area contributed by atoms with Gasteiger partial charge in [-0.3, -0.25) is 0 Å². The molecular weight excluding hydrogens is 260 g/mol. The van der Waals surface area contributed by atoms with Crippen molar-refractivity contribution < 1.29 is 4.74 Å². The first-order valence-electron chi connectivity index (χ1n) is 4.69. The van der Waals surface area contributed by atoms with Crippen LogP contribution in [0.1, 0.15) is 0 Å². The first-order chi connectivity index (χ1) is 7.27. The fraction of sp³-hybridized carbons (Fsp3) is 0.556. The molecule has 1 heterocycles. The molecule has 0 fully saturated rings. The summed E-state index contributed by atoms with van der Waals surface area (Å²) in [6, 6.07) is 0. The SMILES string of the molecule is COCCN(CCN)c1ncc(Br)cn1. The predicted molar refractivity (Wildman–Crippen MR) is 62.9 cm³/mol. The molecule has 0 unspecified atom stereocenters. The van der Waals surface area contributed by atoms with E-state index in [9.17, 15) is 0 Å². The van der Waals surface area contributed by atoms with Crippen LogP contribution in [0.5, 0.6) is 0 Å². The number of nitrogens with two attached hydrogens (primary N) is 1. The van der Waals surface area contributed by atoms with Crippen molar-refractivity contribution >= 4 is 21.9 Å². The van der Waals surface area contributed by atoms with Crippen LogP contribution in [-0.2, 0) is 4.74 Å². The molecule has 0 saturated carbocycles. The van der Waals surface area contributed by atoms with Crippen LogP contribution in [0.3, 0.4) is 0 Å². The van der Waals surface area contributed by atoms with E-state index in [-0.39, 0.29) is 0 Å². The zero-order valence-corrected chi connectivity index (χ0v) is 10.3. The lowest BCUT2D eigenvalue weighted by atomic mass is 10.5. The number of anilines is 1. The summed E-state index contributed by atoms with van der Waals surface area (Å²) in [7, 11) is 1.67. The molecule has 0 spiro atoms. The topological polar surface area (TPSA) is 64.3 Å². The molecule has 6 heteroatoms. The first kappa shape index (κ1) is 12.4. The number of nitrogens with zero attached hydrogens (tertiary/aromatic N) is 3. The first-order valence-corrected chi connectivity index (χ1v) is 5.48. The molecule has 5 nitrogen and oxygen atoms in total. The van der Waals surface area contributed by atoms with Gasteiger partial charge in [0.15, 0.2) is 0 Å². The van der Waals surface area contributed by atoms with Crippen LogP contribution in [-0.4, -0.2) is 43.3 Å². The van der Waals surface area contributed by atoms with Crippen LogP contribution in [0.4, 0.5) is 5.95 Å². The van der Waals surface area contributed by atoms with Crippen molar-refractivity contribution in [3.8, 4) is 0 Å². The second-order valence-electron chi connectivity index (χ2n) is 2.97. The second kappa shape index (κ2) is 6.71. The van der Waals surface area contributed by atoms with Gasteiger partial charge in [0.25, 0.3) is 0 Å². The molecule has 0 atom stereocenters. The van der Waals surface area contributed by atoms with E-state index in [0.717, 1.165) is 17.6 Å². The Morgan fingerprint density at radius 3 is 2.60 bits per heavy atom. The predicted octanol–water partition coefficient (Wildman–Crippen LogP) is 0.651. The van der Waals surface area contributed by atoms with Crippen LogP contribution in [0.15, 0.2) is 16.9 Å². The maximum atomic E-state index is 5.52. The third-order valence-electron chi connectivity index (χ3n) is 1.85. The minimum Gasteiger partial charge on any atom is -0.383 e.